The quantitative estimate of drug-likeness (QED) is 0.836. The van der Waals surface area contributed by atoms with Crippen LogP contribution >= 0.6 is 11.3 Å². The van der Waals surface area contributed by atoms with Crippen LogP contribution in [0.2, 0.25) is 0 Å². The van der Waals surface area contributed by atoms with Gasteiger partial charge in [-0.25, -0.2) is 0 Å². The Bertz CT molecular complexity index is 565. The highest BCUT2D eigenvalue weighted by atomic mass is 32.1. The number of fused-ring (bicyclic) bond motifs is 1. The first-order valence-corrected chi connectivity index (χ1v) is 9.25. The molecule has 1 aromatic rings. The van der Waals surface area contributed by atoms with Gasteiger partial charge in [0, 0.05) is 31.1 Å². The number of aliphatic hydroxyl groups is 1. The van der Waals surface area contributed by atoms with Gasteiger partial charge in [0.15, 0.2) is 0 Å². The first-order chi connectivity index (χ1) is 11.1. The van der Waals surface area contributed by atoms with E-state index in [-0.39, 0.29) is 11.8 Å². The number of carbonyl (C=O) groups is 2. The predicted octanol–water partition coefficient (Wildman–Crippen LogP) is 1.68. The largest absolute Gasteiger partial charge is 0.384 e. The van der Waals surface area contributed by atoms with Crippen LogP contribution in [-0.2, 0) is 17.6 Å². The summed E-state index contributed by atoms with van der Waals surface area (Å²) in [7, 11) is 0. The second-order valence-corrected chi connectivity index (χ2v) is 7.55. The molecular weight excluding hydrogens is 312 g/mol. The highest BCUT2D eigenvalue weighted by Crippen LogP contribution is 2.29. The van der Waals surface area contributed by atoms with Crippen molar-refractivity contribution in [1.82, 2.24) is 9.80 Å². The van der Waals surface area contributed by atoms with E-state index in [1.165, 1.54) is 36.6 Å². The van der Waals surface area contributed by atoms with Gasteiger partial charge >= 0.3 is 0 Å². The number of hydrogen-bond donors (Lipinski definition) is 1. The third-order valence-electron chi connectivity index (χ3n) is 4.69. The van der Waals surface area contributed by atoms with Crippen LogP contribution < -0.4 is 0 Å². The lowest BCUT2D eigenvalue weighted by molar-refractivity contribution is -0.140. The van der Waals surface area contributed by atoms with Crippen LogP contribution in [0.15, 0.2) is 6.07 Å². The Morgan fingerprint density at radius 2 is 1.74 bits per heavy atom. The summed E-state index contributed by atoms with van der Waals surface area (Å²) in [6, 6.07) is 2.08. The van der Waals surface area contributed by atoms with Crippen molar-refractivity contribution in [2.24, 2.45) is 0 Å². The third kappa shape index (κ3) is 3.58. The second kappa shape index (κ2) is 7.01. The number of hydrogen-bond acceptors (Lipinski definition) is 4. The minimum absolute atomic E-state index is 0.0900. The van der Waals surface area contributed by atoms with Gasteiger partial charge in [-0.05, 0) is 44.2 Å². The lowest BCUT2D eigenvalue weighted by Gasteiger charge is -2.35. The zero-order valence-corrected chi connectivity index (χ0v) is 14.4. The second-order valence-electron chi connectivity index (χ2n) is 6.41. The van der Waals surface area contributed by atoms with E-state index in [1.54, 1.807) is 16.2 Å². The van der Waals surface area contributed by atoms with E-state index in [0.717, 1.165) is 17.7 Å². The van der Waals surface area contributed by atoms with Crippen molar-refractivity contribution in [3.8, 4) is 0 Å². The molecule has 0 radical (unpaired) electrons. The molecule has 0 bridgehead atoms. The molecule has 23 heavy (non-hydrogen) atoms. The third-order valence-corrected chi connectivity index (χ3v) is 5.92. The Morgan fingerprint density at radius 3 is 2.43 bits per heavy atom. The molecule has 1 N–H and O–H groups in total. The molecule has 1 saturated heterocycles. The van der Waals surface area contributed by atoms with E-state index in [9.17, 15) is 14.7 Å². The van der Waals surface area contributed by atoms with Gasteiger partial charge in [-0.1, -0.05) is 6.42 Å². The molecule has 5 nitrogen and oxygen atoms in total. The lowest BCUT2D eigenvalue weighted by Crippen LogP contribution is -2.52. The van der Waals surface area contributed by atoms with Crippen molar-refractivity contribution in [2.45, 2.75) is 45.1 Å². The average Bonchev–Trinajstić information content (AvgIpc) is 2.84. The standard InChI is InChI=1S/C17H24N2O3S/c1-12(20)16(21)18-7-9-19(10-8-18)17(22)15-11-13-5-3-2-4-6-14(13)23-15/h11-12,20H,2-10H2,1H3. The summed E-state index contributed by atoms with van der Waals surface area (Å²) >= 11 is 1.65. The van der Waals surface area contributed by atoms with Gasteiger partial charge in [0.1, 0.15) is 6.10 Å². The van der Waals surface area contributed by atoms with Gasteiger partial charge in [0.25, 0.3) is 11.8 Å². The Kier molecular flexibility index (Phi) is 5.02. The van der Waals surface area contributed by atoms with Gasteiger partial charge < -0.3 is 14.9 Å². The fourth-order valence-electron chi connectivity index (χ4n) is 3.32. The fraction of sp³-hybridized carbons (Fsp3) is 0.647. The van der Waals surface area contributed by atoms with Crippen molar-refractivity contribution >= 4 is 23.2 Å². The molecule has 1 atom stereocenters. The molecule has 6 heteroatoms. The van der Waals surface area contributed by atoms with E-state index in [2.05, 4.69) is 6.07 Å². The highest BCUT2D eigenvalue weighted by Gasteiger charge is 2.28. The van der Waals surface area contributed by atoms with Crippen molar-refractivity contribution < 1.29 is 14.7 Å². The SMILES string of the molecule is CC(O)C(=O)N1CCN(C(=O)c2cc3c(s2)CCCCC3)CC1. The first kappa shape index (κ1) is 16.5. The van der Waals surface area contributed by atoms with Crippen molar-refractivity contribution in [3.05, 3.63) is 21.4 Å². The summed E-state index contributed by atoms with van der Waals surface area (Å²) < 4.78 is 0. The maximum atomic E-state index is 12.7. The van der Waals surface area contributed by atoms with Crippen LogP contribution in [0.5, 0.6) is 0 Å². The van der Waals surface area contributed by atoms with Gasteiger partial charge in [-0.2, -0.15) is 0 Å². The number of aliphatic hydroxyl groups excluding tert-OH is 1. The number of carbonyl (C=O) groups excluding carboxylic acids is 2. The minimum atomic E-state index is -0.967. The molecule has 1 aliphatic carbocycles. The topological polar surface area (TPSA) is 60.9 Å². The number of nitrogens with zero attached hydrogens (tertiary/aromatic N) is 2. The summed E-state index contributed by atoms with van der Waals surface area (Å²) in [6.45, 7) is 3.57. The van der Waals surface area contributed by atoms with Crippen LogP contribution in [0.1, 0.15) is 46.3 Å². The smallest absolute Gasteiger partial charge is 0.264 e. The van der Waals surface area contributed by atoms with Crippen molar-refractivity contribution in [2.75, 3.05) is 26.2 Å². The molecule has 126 valence electrons. The van der Waals surface area contributed by atoms with Gasteiger partial charge in [0.2, 0.25) is 0 Å². The molecule has 3 rings (SSSR count). The molecule has 0 saturated carbocycles. The summed E-state index contributed by atoms with van der Waals surface area (Å²) in [5.74, 6) is -0.160. The molecule has 1 aromatic heterocycles. The van der Waals surface area contributed by atoms with Crippen LogP contribution in [0.25, 0.3) is 0 Å². The van der Waals surface area contributed by atoms with Gasteiger partial charge in [0.05, 0.1) is 4.88 Å². The molecule has 1 aliphatic heterocycles. The normalized spacial score (nSPS) is 19.9. The van der Waals surface area contributed by atoms with Gasteiger partial charge in [-0.15, -0.1) is 11.3 Å². The van der Waals surface area contributed by atoms with Crippen molar-refractivity contribution in [1.29, 1.82) is 0 Å². The molecule has 0 spiro atoms. The number of amides is 2. The number of piperazine rings is 1. The average molecular weight is 336 g/mol. The summed E-state index contributed by atoms with van der Waals surface area (Å²) in [4.78, 5) is 30.2. The van der Waals surface area contributed by atoms with E-state index < -0.39 is 6.10 Å². The number of rotatable bonds is 2. The summed E-state index contributed by atoms with van der Waals surface area (Å²) in [6.07, 6.45) is 4.95. The maximum Gasteiger partial charge on any atom is 0.264 e. The molecule has 1 fully saturated rings. The Balaban J connectivity index is 1.63. The lowest BCUT2D eigenvalue weighted by atomic mass is 10.1. The van der Waals surface area contributed by atoms with E-state index in [1.807, 2.05) is 4.90 Å². The zero-order chi connectivity index (χ0) is 16.4. The summed E-state index contributed by atoms with van der Waals surface area (Å²) in [5, 5.41) is 9.37. The maximum absolute atomic E-state index is 12.7. The van der Waals surface area contributed by atoms with Gasteiger partial charge in [-0.3, -0.25) is 9.59 Å². The molecule has 1 unspecified atom stereocenters. The molecule has 2 amide bonds. The number of aryl methyl sites for hydroxylation is 2. The number of thiophene rings is 1. The van der Waals surface area contributed by atoms with Crippen LogP contribution in [0, 0.1) is 0 Å². The Morgan fingerprint density at radius 1 is 1.09 bits per heavy atom. The Labute approximate surface area is 140 Å². The first-order valence-electron chi connectivity index (χ1n) is 8.44. The highest BCUT2D eigenvalue weighted by molar-refractivity contribution is 7.14. The van der Waals surface area contributed by atoms with Crippen LogP contribution in [0.4, 0.5) is 0 Å². The van der Waals surface area contributed by atoms with Crippen LogP contribution in [-0.4, -0.2) is 59.0 Å². The molecule has 0 aromatic carbocycles. The molecular formula is C17H24N2O3S. The molecule has 2 heterocycles. The fourth-order valence-corrected chi connectivity index (χ4v) is 4.54. The van der Waals surface area contributed by atoms with E-state index >= 15 is 0 Å². The van der Waals surface area contributed by atoms with E-state index in [4.69, 9.17) is 0 Å². The monoisotopic (exact) mass is 336 g/mol. The minimum Gasteiger partial charge on any atom is -0.384 e. The van der Waals surface area contributed by atoms with Crippen molar-refractivity contribution in [3.63, 3.8) is 0 Å². The van der Waals surface area contributed by atoms with Crippen LogP contribution in [0.3, 0.4) is 0 Å². The zero-order valence-electron chi connectivity index (χ0n) is 13.6. The van der Waals surface area contributed by atoms with E-state index in [0.29, 0.717) is 26.2 Å². The Hall–Kier alpha value is -1.40. The summed E-state index contributed by atoms with van der Waals surface area (Å²) in [5.41, 5.74) is 1.36. The predicted molar refractivity (Wildman–Crippen MR) is 89.7 cm³/mol. The molecule has 2 aliphatic rings.